The van der Waals surface area contributed by atoms with Crippen molar-refractivity contribution in [2.24, 2.45) is 5.92 Å². The Balaban J connectivity index is 2.16. The van der Waals surface area contributed by atoms with Crippen molar-refractivity contribution < 1.29 is 30.7 Å². The number of hydrogen-bond donors (Lipinski definition) is 0. The highest BCUT2D eigenvalue weighted by Crippen LogP contribution is 2.46. The van der Waals surface area contributed by atoms with E-state index in [1.807, 2.05) is 13.8 Å². The lowest BCUT2D eigenvalue weighted by Crippen LogP contribution is -2.50. The Morgan fingerprint density at radius 1 is 0.969 bits per heavy atom. The summed E-state index contributed by atoms with van der Waals surface area (Å²) in [5, 5.41) is 0. The van der Waals surface area contributed by atoms with Crippen molar-refractivity contribution in [3.63, 3.8) is 0 Å². The summed E-state index contributed by atoms with van der Waals surface area (Å²) in [6.45, 7) is 3.73. The predicted octanol–water partition coefficient (Wildman–Crippen LogP) is 8.02. The number of piperidine rings is 1. The van der Waals surface area contributed by atoms with Crippen LogP contribution in [0.2, 0.25) is 0 Å². The van der Waals surface area contributed by atoms with Crippen molar-refractivity contribution in [2.45, 2.75) is 64.0 Å². The zero-order valence-corrected chi connectivity index (χ0v) is 17.9. The Morgan fingerprint density at radius 3 is 2.19 bits per heavy atom. The summed E-state index contributed by atoms with van der Waals surface area (Å²) in [6.07, 6.45) is -8.91. The maximum Gasteiger partial charge on any atom is 0.416 e. The van der Waals surface area contributed by atoms with Gasteiger partial charge in [-0.3, -0.25) is 4.90 Å². The number of likely N-dealkylation sites (tertiary alicyclic amines) is 1. The van der Waals surface area contributed by atoms with Crippen LogP contribution in [0.1, 0.15) is 56.7 Å². The molecule has 0 amide bonds. The summed E-state index contributed by atoms with van der Waals surface area (Å²) in [6, 6.07) is 6.66. The van der Waals surface area contributed by atoms with Crippen LogP contribution in [0.5, 0.6) is 0 Å². The van der Waals surface area contributed by atoms with E-state index >= 15 is 0 Å². The maximum atomic E-state index is 14.7. The van der Waals surface area contributed by atoms with E-state index in [-0.39, 0.29) is 42.9 Å². The molecule has 2 unspecified atom stereocenters. The SMILES string of the molecule is CC(C)CCN1C(c2cc(-c3ccccc3)c(F)cc2C(F)(F)F)CCCC1C(F)(F)F. The van der Waals surface area contributed by atoms with E-state index < -0.39 is 35.8 Å². The topological polar surface area (TPSA) is 3.24 Å². The molecule has 0 aliphatic carbocycles. The van der Waals surface area contributed by atoms with Crippen LogP contribution in [0, 0.1) is 11.7 Å². The van der Waals surface area contributed by atoms with E-state index in [1.54, 1.807) is 30.3 Å². The fraction of sp³-hybridized carbons (Fsp3) is 0.500. The van der Waals surface area contributed by atoms with Gasteiger partial charge >= 0.3 is 12.4 Å². The molecule has 1 saturated heterocycles. The Bertz CT molecular complexity index is 903. The fourth-order valence-corrected chi connectivity index (χ4v) is 4.41. The summed E-state index contributed by atoms with van der Waals surface area (Å²) < 4.78 is 97.9. The van der Waals surface area contributed by atoms with Crippen molar-refractivity contribution >= 4 is 0 Å². The molecular weight excluding hydrogens is 435 g/mol. The molecule has 0 spiro atoms. The lowest BCUT2D eigenvalue weighted by molar-refractivity contribution is -0.200. The third-order valence-electron chi connectivity index (χ3n) is 5.99. The summed E-state index contributed by atoms with van der Waals surface area (Å²) in [5.41, 5.74) is -1.18. The first-order valence-electron chi connectivity index (χ1n) is 10.7. The number of halogens is 7. The molecule has 2 atom stereocenters. The van der Waals surface area contributed by atoms with Gasteiger partial charge in [-0.05, 0) is 61.4 Å². The molecule has 1 aliphatic rings. The Labute approximate surface area is 183 Å². The van der Waals surface area contributed by atoms with Crippen molar-refractivity contribution in [3.05, 3.63) is 59.4 Å². The van der Waals surface area contributed by atoms with Gasteiger partial charge in [0, 0.05) is 11.6 Å². The van der Waals surface area contributed by atoms with Crippen LogP contribution in [0.15, 0.2) is 42.5 Å². The first-order chi connectivity index (χ1) is 14.9. The van der Waals surface area contributed by atoms with Crippen LogP contribution in [-0.4, -0.2) is 23.7 Å². The molecule has 32 heavy (non-hydrogen) atoms. The number of nitrogens with zero attached hydrogens (tertiary/aromatic N) is 1. The fourth-order valence-electron chi connectivity index (χ4n) is 4.41. The third-order valence-corrected chi connectivity index (χ3v) is 5.99. The van der Waals surface area contributed by atoms with Crippen LogP contribution in [0.25, 0.3) is 11.1 Å². The van der Waals surface area contributed by atoms with Crippen molar-refractivity contribution in [1.82, 2.24) is 4.90 Å². The molecule has 0 radical (unpaired) electrons. The second-order valence-electron chi connectivity index (χ2n) is 8.71. The molecule has 0 N–H and O–H groups in total. The van der Waals surface area contributed by atoms with Gasteiger partial charge in [0.2, 0.25) is 0 Å². The molecule has 0 bridgehead atoms. The second-order valence-corrected chi connectivity index (χ2v) is 8.71. The van der Waals surface area contributed by atoms with Gasteiger partial charge < -0.3 is 0 Å². The molecule has 8 heteroatoms. The largest absolute Gasteiger partial charge is 0.416 e. The van der Waals surface area contributed by atoms with E-state index in [0.717, 1.165) is 11.0 Å². The average molecular weight is 461 g/mol. The highest BCUT2D eigenvalue weighted by molar-refractivity contribution is 5.66. The molecule has 176 valence electrons. The molecule has 1 fully saturated rings. The number of hydrogen-bond acceptors (Lipinski definition) is 1. The molecular formula is C24H26F7N. The lowest BCUT2D eigenvalue weighted by Gasteiger charge is -2.44. The standard InChI is InChI=1S/C24H26F7N/c1-15(2)11-12-32-21(9-6-10-22(32)24(29,30)31)18-13-17(16-7-4-3-5-8-16)20(25)14-19(18)23(26,27)28/h3-5,7-8,13-15,21-22H,6,9-12H2,1-2H3. The van der Waals surface area contributed by atoms with Gasteiger partial charge in [-0.1, -0.05) is 44.2 Å². The van der Waals surface area contributed by atoms with Gasteiger partial charge in [-0.25, -0.2) is 4.39 Å². The molecule has 0 saturated carbocycles. The van der Waals surface area contributed by atoms with Gasteiger partial charge in [0.05, 0.1) is 5.56 Å². The van der Waals surface area contributed by atoms with Crippen molar-refractivity contribution in [1.29, 1.82) is 0 Å². The molecule has 3 rings (SSSR count). The minimum Gasteiger partial charge on any atom is -0.285 e. The lowest BCUT2D eigenvalue weighted by atomic mass is 9.85. The van der Waals surface area contributed by atoms with E-state index in [0.29, 0.717) is 18.1 Å². The van der Waals surface area contributed by atoms with Crippen LogP contribution in [-0.2, 0) is 6.18 Å². The number of benzene rings is 2. The Hall–Kier alpha value is -2.09. The Kier molecular flexibility index (Phi) is 7.22. The highest BCUT2D eigenvalue weighted by atomic mass is 19.4. The number of rotatable bonds is 5. The van der Waals surface area contributed by atoms with E-state index in [2.05, 4.69) is 0 Å². The van der Waals surface area contributed by atoms with E-state index in [1.165, 1.54) is 0 Å². The Morgan fingerprint density at radius 2 is 1.62 bits per heavy atom. The van der Waals surface area contributed by atoms with Crippen LogP contribution < -0.4 is 0 Å². The normalized spacial score (nSPS) is 20.7. The summed E-state index contributed by atoms with van der Waals surface area (Å²) >= 11 is 0. The monoisotopic (exact) mass is 461 g/mol. The zero-order chi connectivity index (χ0) is 23.7. The van der Waals surface area contributed by atoms with E-state index in [4.69, 9.17) is 0 Å². The van der Waals surface area contributed by atoms with Crippen LogP contribution in [0.3, 0.4) is 0 Å². The zero-order valence-electron chi connectivity index (χ0n) is 17.9. The molecule has 1 heterocycles. The number of alkyl halides is 6. The van der Waals surface area contributed by atoms with Gasteiger partial charge in [0.1, 0.15) is 11.9 Å². The summed E-state index contributed by atoms with van der Waals surface area (Å²) in [7, 11) is 0. The first-order valence-corrected chi connectivity index (χ1v) is 10.7. The van der Waals surface area contributed by atoms with Crippen molar-refractivity contribution in [2.75, 3.05) is 6.54 Å². The summed E-state index contributed by atoms with van der Waals surface area (Å²) in [4.78, 5) is 1.15. The smallest absolute Gasteiger partial charge is 0.285 e. The molecule has 2 aromatic carbocycles. The molecule has 2 aromatic rings. The van der Waals surface area contributed by atoms with Gasteiger partial charge in [0.15, 0.2) is 0 Å². The predicted molar refractivity (Wildman–Crippen MR) is 109 cm³/mol. The first kappa shape index (κ1) is 24.6. The second kappa shape index (κ2) is 9.41. The molecule has 1 nitrogen and oxygen atoms in total. The van der Waals surface area contributed by atoms with E-state index in [9.17, 15) is 30.7 Å². The minimum absolute atomic E-state index is 0.0157. The maximum absolute atomic E-state index is 14.7. The average Bonchev–Trinajstić information content (AvgIpc) is 2.71. The highest BCUT2D eigenvalue weighted by Gasteiger charge is 2.49. The van der Waals surface area contributed by atoms with Gasteiger partial charge in [-0.15, -0.1) is 0 Å². The van der Waals surface area contributed by atoms with Gasteiger partial charge in [0.25, 0.3) is 0 Å². The van der Waals surface area contributed by atoms with Gasteiger partial charge in [-0.2, -0.15) is 26.3 Å². The third kappa shape index (κ3) is 5.45. The minimum atomic E-state index is -4.89. The summed E-state index contributed by atoms with van der Waals surface area (Å²) in [5.74, 6) is -0.967. The van der Waals surface area contributed by atoms with Crippen LogP contribution in [0.4, 0.5) is 30.7 Å². The molecule has 1 aliphatic heterocycles. The van der Waals surface area contributed by atoms with Crippen molar-refractivity contribution in [3.8, 4) is 11.1 Å². The quantitative estimate of drug-likeness (QED) is 0.408. The molecule has 0 aromatic heterocycles. The van der Waals surface area contributed by atoms with Crippen LogP contribution >= 0.6 is 0 Å².